The van der Waals surface area contributed by atoms with E-state index in [2.05, 4.69) is 20.6 Å². The van der Waals surface area contributed by atoms with Gasteiger partial charge in [0.05, 0.1) is 12.2 Å². The van der Waals surface area contributed by atoms with Crippen LogP contribution >= 0.6 is 0 Å². The second kappa shape index (κ2) is 8.14. The first-order chi connectivity index (χ1) is 14.1. The molecule has 3 heterocycles. The van der Waals surface area contributed by atoms with Crippen LogP contribution in [0.2, 0.25) is 0 Å². The molecule has 0 spiro atoms. The first-order valence-corrected chi connectivity index (χ1v) is 9.25. The Balaban J connectivity index is 1.35. The molecule has 29 heavy (non-hydrogen) atoms. The maximum atomic E-state index is 12.3. The van der Waals surface area contributed by atoms with E-state index < -0.39 is 0 Å². The lowest BCUT2D eigenvalue weighted by molar-refractivity contribution is 0.0937. The van der Waals surface area contributed by atoms with E-state index in [0.717, 1.165) is 16.5 Å². The van der Waals surface area contributed by atoms with Crippen molar-refractivity contribution in [2.45, 2.75) is 32.9 Å². The van der Waals surface area contributed by atoms with Crippen molar-refractivity contribution in [3.05, 3.63) is 71.7 Å². The topological polar surface area (TPSA) is 103 Å². The van der Waals surface area contributed by atoms with Crippen LogP contribution in [-0.4, -0.2) is 21.2 Å². The Hall–Kier alpha value is -3.68. The van der Waals surface area contributed by atoms with Crippen LogP contribution in [-0.2, 0) is 13.2 Å². The molecule has 1 N–H and O–H groups in total. The smallest absolute Gasteiger partial charge is 0.273 e. The van der Waals surface area contributed by atoms with Crippen molar-refractivity contribution in [3.8, 4) is 5.75 Å². The number of benzene rings is 1. The zero-order valence-electron chi connectivity index (χ0n) is 16.1. The van der Waals surface area contributed by atoms with Crippen molar-refractivity contribution in [3.63, 3.8) is 0 Å². The highest BCUT2D eigenvalue weighted by atomic mass is 16.5. The zero-order chi connectivity index (χ0) is 20.2. The summed E-state index contributed by atoms with van der Waals surface area (Å²) in [5.41, 5.74) is 1.02. The van der Waals surface area contributed by atoms with Crippen LogP contribution in [0, 0.1) is 0 Å². The van der Waals surface area contributed by atoms with Gasteiger partial charge in [-0.2, -0.15) is 0 Å². The second-order valence-electron chi connectivity index (χ2n) is 6.88. The summed E-state index contributed by atoms with van der Waals surface area (Å²) in [5.74, 6) is 1.64. The zero-order valence-corrected chi connectivity index (χ0v) is 16.1. The van der Waals surface area contributed by atoms with Crippen LogP contribution in [0.1, 0.15) is 47.5 Å². The molecule has 0 unspecified atom stereocenters. The molecular weight excluding hydrogens is 372 g/mol. The monoisotopic (exact) mass is 392 g/mol. The summed E-state index contributed by atoms with van der Waals surface area (Å²) in [5, 5.41) is 12.4. The van der Waals surface area contributed by atoms with Crippen LogP contribution < -0.4 is 10.1 Å². The minimum Gasteiger partial charge on any atom is -0.485 e. The number of carbonyl (C=O) groups excluding carboxylic acids is 1. The number of aromatic nitrogens is 3. The number of carbonyl (C=O) groups is 1. The molecule has 0 fully saturated rings. The van der Waals surface area contributed by atoms with Gasteiger partial charge >= 0.3 is 0 Å². The maximum Gasteiger partial charge on any atom is 0.273 e. The van der Waals surface area contributed by atoms with E-state index >= 15 is 0 Å². The summed E-state index contributed by atoms with van der Waals surface area (Å²) in [6.07, 6.45) is 3.49. The predicted octanol–water partition coefficient (Wildman–Crippen LogP) is 3.84. The Kier molecular flexibility index (Phi) is 5.24. The van der Waals surface area contributed by atoms with Gasteiger partial charge in [-0.15, -0.1) is 0 Å². The molecule has 0 aliphatic rings. The van der Waals surface area contributed by atoms with E-state index in [1.54, 1.807) is 18.5 Å². The Morgan fingerprint density at radius 1 is 1.14 bits per heavy atom. The summed E-state index contributed by atoms with van der Waals surface area (Å²) < 4.78 is 16.3. The molecular formula is C21H20N4O4. The molecule has 0 radical (unpaired) electrons. The number of nitrogens with one attached hydrogen (secondary N) is 1. The number of nitrogens with zero attached hydrogens (tertiary/aromatic N) is 3. The van der Waals surface area contributed by atoms with Gasteiger partial charge < -0.3 is 19.1 Å². The van der Waals surface area contributed by atoms with Crippen molar-refractivity contribution >= 4 is 16.7 Å². The fourth-order valence-electron chi connectivity index (χ4n) is 2.80. The number of hydrogen-bond donors (Lipinski definition) is 1. The third kappa shape index (κ3) is 4.26. The number of ether oxygens (including phenoxy) is 1. The lowest BCUT2D eigenvalue weighted by Crippen LogP contribution is -2.22. The number of amides is 1. The molecule has 8 heteroatoms. The van der Waals surface area contributed by atoms with Crippen molar-refractivity contribution in [1.82, 2.24) is 20.6 Å². The fraction of sp³-hybridized carbons (Fsp3) is 0.238. The largest absolute Gasteiger partial charge is 0.485 e. The van der Waals surface area contributed by atoms with E-state index in [-0.39, 0.29) is 30.7 Å². The molecule has 1 amide bonds. The lowest BCUT2D eigenvalue weighted by atomic mass is 10.1. The van der Waals surface area contributed by atoms with Gasteiger partial charge in [-0.1, -0.05) is 36.3 Å². The first kappa shape index (κ1) is 18.7. The van der Waals surface area contributed by atoms with Crippen LogP contribution in [0.25, 0.3) is 10.8 Å². The molecule has 4 rings (SSSR count). The number of fused-ring (bicyclic) bond motifs is 1. The van der Waals surface area contributed by atoms with Gasteiger partial charge in [0.25, 0.3) is 5.91 Å². The maximum absolute atomic E-state index is 12.3. The highest BCUT2D eigenvalue weighted by Crippen LogP contribution is 2.25. The Labute approximate surface area is 166 Å². The minimum atomic E-state index is -0.362. The van der Waals surface area contributed by atoms with Crippen LogP contribution in [0.3, 0.4) is 0 Å². The van der Waals surface area contributed by atoms with Gasteiger partial charge in [-0.3, -0.25) is 9.78 Å². The summed E-state index contributed by atoms with van der Waals surface area (Å²) in [6, 6.07) is 11.0. The average Bonchev–Trinajstić information content (AvgIpc) is 3.40. The summed E-state index contributed by atoms with van der Waals surface area (Å²) in [7, 11) is 0. The predicted molar refractivity (Wildman–Crippen MR) is 104 cm³/mol. The fourth-order valence-corrected chi connectivity index (χ4v) is 2.80. The van der Waals surface area contributed by atoms with Crippen molar-refractivity contribution in [2.24, 2.45) is 0 Å². The Bertz CT molecular complexity index is 1130. The molecule has 0 aliphatic heterocycles. The van der Waals surface area contributed by atoms with Gasteiger partial charge in [-0.05, 0) is 18.1 Å². The minimum absolute atomic E-state index is 0.154. The SMILES string of the molecule is CC(C)c1cc(CNC(=O)c2cc(COc3cccc4cnccc34)on2)on1. The molecule has 8 nitrogen and oxygen atoms in total. The normalized spacial score (nSPS) is 11.1. The number of pyridine rings is 1. The van der Waals surface area contributed by atoms with E-state index in [0.29, 0.717) is 17.3 Å². The molecule has 1 aromatic carbocycles. The van der Waals surface area contributed by atoms with Gasteiger partial charge in [0.2, 0.25) is 0 Å². The van der Waals surface area contributed by atoms with Gasteiger partial charge in [0.15, 0.2) is 17.2 Å². The highest BCUT2D eigenvalue weighted by molar-refractivity contribution is 5.92. The summed E-state index contributed by atoms with van der Waals surface area (Å²) in [6.45, 7) is 4.42. The van der Waals surface area contributed by atoms with E-state index in [4.69, 9.17) is 13.8 Å². The van der Waals surface area contributed by atoms with Crippen molar-refractivity contribution < 1.29 is 18.6 Å². The molecule has 4 aromatic rings. The molecule has 148 valence electrons. The third-order valence-electron chi connectivity index (χ3n) is 4.39. The molecule has 0 saturated heterocycles. The van der Waals surface area contributed by atoms with Gasteiger partial charge in [-0.25, -0.2) is 0 Å². The van der Waals surface area contributed by atoms with E-state index in [1.807, 2.05) is 44.2 Å². The number of rotatable bonds is 7. The highest BCUT2D eigenvalue weighted by Gasteiger charge is 2.15. The molecule has 0 bridgehead atoms. The lowest BCUT2D eigenvalue weighted by Gasteiger charge is -2.07. The van der Waals surface area contributed by atoms with Crippen molar-refractivity contribution in [1.29, 1.82) is 0 Å². The van der Waals surface area contributed by atoms with Crippen LogP contribution in [0.4, 0.5) is 0 Å². The molecule has 0 saturated carbocycles. The summed E-state index contributed by atoms with van der Waals surface area (Å²) >= 11 is 0. The quantitative estimate of drug-likeness (QED) is 0.509. The van der Waals surface area contributed by atoms with E-state index in [9.17, 15) is 4.79 Å². The van der Waals surface area contributed by atoms with Crippen LogP contribution in [0.15, 0.2) is 57.8 Å². The Morgan fingerprint density at radius 2 is 2.00 bits per heavy atom. The standard InChI is InChI=1S/C21H20N4O4/c1-13(2)18-8-15(28-24-18)11-23-21(26)19-9-16(29-25-19)12-27-20-5-3-4-14-10-22-7-6-17(14)20/h3-10,13H,11-12H2,1-2H3,(H,23,26). The molecule has 0 atom stereocenters. The first-order valence-electron chi connectivity index (χ1n) is 9.25. The van der Waals surface area contributed by atoms with Gasteiger partial charge in [0, 0.05) is 35.3 Å². The summed E-state index contributed by atoms with van der Waals surface area (Å²) in [4.78, 5) is 16.4. The Morgan fingerprint density at radius 3 is 2.83 bits per heavy atom. The third-order valence-corrected chi connectivity index (χ3v) is 4.39. The molecule has 0 aliphatic carbocycles. The number of hydrogen-bond acceptors (Lipinski definition) is 7. The van der Waals surface area contributed by atoms with E-state index in [1.165, 1.54) is 0 Å². The van der Waals surface area contributed by atoms with Crippen LogP contribution in [0.5, 0.6) is 5.75 Å². The second-order valence-corrected chi connectivity index (χ2v) is 6.88. The van der Waals surface area contributed by atoms with Gasteiger partial charge in [0.1, 0.15) is 12.4 Å². The molecule has 3 aromatic heterocycles. The van der Waals surface area contributed by atoms with Crippen molar-refractivity contribution in [2.75, 3.05) is 0 Å². The average molecular weight is 392 g/mol.